The largest absolute Gasteiger partial charge is 0.416 e. The molecule has 1 aromatic heterocycles. The number of rotatable bonds is 3. The molecule has 2 heterocycles. The second-order valence-electron chi connectivity index (χ2n) is 5.88. The quantitative estimate of drug-likeness (QED) is 0.847. The lowest BCUT2D eigenvalue weighted by atomic mass is 10.1. The van der Waals surface area contributed by atoms with Crippen molar-refractivity contribution in [1.29, 1.82) is 0 Å². The number of alkyl halides is 3. The van der Waals surface area contributed by atoms with E-state index in [2.05, 4.69) is 15.0 Å². The summed E-state index contributed by atoms with van der Waals surface area (Å²) in [5, 5.41) is 3.73. The third-order valence-corrected chi connectivity index (χ3v) is 4.05. The molecule has 0 N–H and O–H groups in total. The van der Waals surface area contributed by atoms with E-state index in [0.29, 0.717) is 44.4 Å². The van der Waals surface area contributed by atoms with Gasteiger partial charge in [-0.2, -0.15) is 18.2 Å². The van der Waals surface area contributed by atoms with Crippen LogP contribution < -0.4 is 0 Å². The summed E-state index contributed by atoms with van der Waals surface area (Å²) in [4.78, 5) is 20.3. The van der Waals surface area contributed by atoms with Crippen LogP contribution in [0.15, 0.2) is 28.8 Å². The van der Waals surface area contributed by atoms with Crippen molar-refractivity contribution >= 4 is 5.91 Å². The van der Waals surface area contributed by atoms with Crippen LogP contribution in [0.1, 0.15) is 27.6 Å². The summed E-state index contributed by atoms with van der Waals surface area (Å²) in [6.45, 7) is 4.51. The van der Waals surface area contributed by atoms with E-state index < -0.39 is 11.7 Å². The maximum Gasteiger partial charge on any atom is 0.416 e. The lowest BCUT2D eigenvalue weighted by Crippen LogP contribution is -2.48. The van der Waals surface area contributed by atoms with Gasteiger partial charge in [-0.25, -0.2) is 0 Å². The highest BCUT2D eigenvalue weighted by Gasteiger charge is 2.30. The Labute approximate surface area is 142 Å². The molecule has 9 heteroatoms. The number of hydrogen-bond acceptors (Lipinski definition) is 5. The first-order valence-corrected chi connectivity index (χ1v) is 7.81. The van der Waals surface area contributed by atoms with E-state index in [4.69, 9.17) is 4.52 Å². The number of aryl methyl sites for hydroxylation is 1. The zero-order chi connectivity index (χ0) is 18.0. The molecule has 0 atom stereocenters. The van der Waals surface area contributed by atoms with Gasteiger partial charge in [0.25, 0.3) is 5.91 Å². The molecule has 1 aromatic carbocycles. The van der Waals surface area contributed by atoms with Crippen LogP contribution in [-0.2, 0) is 12.7 Å². The van der Waals surface area contributed by atoms with Gasteiger partial charge in [0, 0.05) is 31.7 Å². The van der Waals surface area contributed by atoms with Crippen LogP contribution in [0.25, 0.3) is 0 Å². The number of amides is 1. The van der Waals surface area contributed by atoms with Gasteiger partial charge in [-0.1, -0.05) is 5.16 Å². The second-order valence-corrected chi connectivity index (χ2v) is 5.88. The summed E-state index contributed by atoms with van der Waals surface area (Å²) in [6.07, 6.45) is -4.40. The van der Waals surface area contributed by atoms with Gasteiger partial charge in [0.15, 0.2) is 5.82 Å². The van der Waals surface area contributed by atoms with E-state index >= 15 is 0 Å². The Bertz CT molecular complexity index is 735. The van der Waals surface area contributed by atoms with E-state index in [1.165, 1.54) is 12.1 Å². The van der Waals surface area contributed by atoms with Crippen molar-refractivity contribution in [3.05, 3.63) is 47.1 Å². The van der Waals surface area contributed by atoms with Crippen LogP contribution >= 0.6 is 0 Å². The number of carbonyl (C=O) groups is 1. The summed E-state index contributed by atoms with van der Waals surface area (Å²) in [7, 11) is 0. The summed E-state index contributed by atoms with van der Waals surface area (Å²) in [6, 6.07) is 4.31. The molecule has 0 radical (unpaired) electrons. The zero-order valence-electron chi connectivity index (χ0n) is 13.6. The summed E-state index contributed by atoms with van der Waals surface area (Å²) >= 11 is 0. The van der Waals surface area contributed by atoms with Crippen molar-refractivity contribution in [2.75, 3.05) is 26.2 Å². The molecular formula is C16H17F3N4O2. The van der Waals surface area contributed by atoms with Crippen LogP contribution in [0.3, 0.4) is 0 Å². The van der Waals surface area contributed by atoms with Crippen LogP contribution in [0, 0.1) is 6.92 Å². The average molecular weight is 354 g/mol. The highest BCUT2D eigenvalue weighted by Crippen LogP contribution is 2.29. The molecular weight excluding hydrogens is 337 g/mol. The van der Waals surface area contributed by atoms with Gasteiger partial charge in [-0.05, 0) is 31.2 Å². The molecule has 1 fully saturated rings. The van der Waals surface area contributed by atoms with Gasteiger partial charge in [-0.15, -0.1) is 0 Å². The van der Waals surface area contributed by atoms with Crippen LogP contribution in [0.5, 0.6) is 0 Å². The minimum atomic E-state index is -4.40. The number of halogens is 3. The molecule has 0 bridgehead atoms. The summed E-state index contributed by atoms with van der Waals surface area (Å²) in [5.41, 5.74) is -0.502. The van der Waals surface area contributed by atoms with Crippen molar-refractivity contribution in [3.63, 3.8) is 0 Å². The van der Waals surface area contributed by atoms with Crippen molar-refractivity contribution in [2.45, 2.75) is 19.6 Å². The van der Waals surface area contributed by atoms with Gasteiger partial charge in [0.05, 0.1) is 12.1 Å². The Hall–Kier alpha value is -2.42. The first kappa shape index (κ1) is 17.4. The molecule has 0 unspecified atom stereocenters. The third-order valence-electron chi connectivity index (χ3n) is 4.05. The zero-order valence-corrected chi connectivity index (χ0v) is 13.6. The number of carbonyl (C=O) groups excluding carboxylic acids is 1. The maximum absolute atomic E-state index is 12.6. The Morgan fingerprint density at radius 1 is 1.16 bits per heavy atom. The van der Waals surface area contributed by atoms with E-state index in [1.807, 2.05) is 0 Å². The molecule has 3 rings (SSSR count). The lowest BCUT2D eigenvalue weighted by Gasteiger charge is -2.34. The highest BCUT2D eigenvalue weighted by atomic mass is 19.4. The van der Waals surface area contributed by atoms with Gasteiger partial charge < -0.3 is 9.42 Å². The molecule has 0 spiro atoms. The smallest absolute Gasteiger partial charge is 0.338 e. The van der Waals surface area contributed by atoms with Gasteiger partial charge in [0.1, 0.15) is 0 Å². The molecule has 1 aliphatic rings. The highest BCUT2D eigenvalue weighted by molar-refractivity contribution is 5.94. The van der Waals surface area contributed by atoms with Crippen LogP contribution in [0.2, 0.25) is 0 Å². The predicted molar refractivity (Wildman–Crippen MR) is 81.7 cm³/mol. The molecule has 1 aliphatic heterocycles. The van der Waals surface area contributed by atoms with Gasteiger partial charge >= 0.3 is 6.18 Å². The van der Waals surface area contributed by atoms with E-state index in [9.17, 15) is 18.0 Å². The fraction of sp³-hybridized carbons (Fsp3) is 0.438. The maximum atomic E-state index is 12.6. The molecule has 25 heavy (non-hydrogen) atoms. The molecule has 0 saturated carbocycles. The topological polar surface area (TPSA) is 62.5 Å². The molecule has 1 saturated heterocycles. The van der Waals surface area contributed by atoms with Gasteiger partial charge in [-0.3, -0.25) is 9.69 Å². The second kappa shape index (κ2) is 6.83. The monoisotopic (exact) mass is 354 g/mol. The fourth-order valence-electron chi connectivity index (χ4n) is 2.69. The van der Waals surface area contributed by atoms with Crippen LogP contribution in [-0.4, -0.2) is 52.0 Å². The first-order valence-electron chi connectivity index (χ1n) is 7.81. The van der Waals surface area contributed by atoms with Crippen molar-refractivity contribution in [2.24, 2.45) is 0 Å². The van der Waals surface area contributed by atoms with E-state index in [1.54, 1.807) is 11.8 Å². The van der Waals surface area contributed by atoms with E-state index in [-0.39, 0.29) is 11.5 Å². The van der Waals surface area contributed by atoms with Crippen LogP contribution in [0.4, 0.5) is 13.2 Å². The minimum Gasteiger partial charge on any atom is -0.338 e. The SMILES string of the molecule is Cc1noc(CN2CCN(C(=O)c3ccc(C(F)(F)F)cc3)CC2)n1. The predicted octanol–water partition coefficient (Wildman–Crippen LogP) is 2.35. The van der Waals surface area contributed by atoms with Crippen molar-refractivity contribution < 1.29 is 22.5 Å². The Balaban J connectivity index is 1.56. The number of piperazine rings is 1. The van der Waals surface area contributed by atoms with E-state index in [0.717, 1.165) is 12.1 Å². The number of hydrogen-bond donors (Lipinski definition) is 0. The average Bonchev–Trinajstić information content (AvgIpc) is 2.99. The molecule has 1 amide bonds. The van der Waals surface area contributed by atoms with Gasteiger partial charge in [0.2, 0.25) is 5.89 Å². The number of benzene rings is 1. The third kappa shape index (κ3) is 4.16. The molecule has 2 aromatic rings. The molecule has 0 aliphatic carbocycles. The number of aromatic nitrogens is 2. The minimum absolute atomic E-state index is 0.258. The Morgan fingerprint density at radius 3 is 2.32 bits per heavy atom. The Kier molecular flexibility index (Phi) is 4.76. The standard InChI is InChI=1S/C16H17F3N4O2/c1-11-20-14(25-21-11)10-22-6-8-23(9-7-22)15(24)12-2-4-13(5-3-12)16(17,18)19/h2-5H,6-10H2,1H3. The van der Waals surface area contributed by atoms with Crippen molar-refractivity contribution in [1.82, 2.24) is 19.9 Å². The molecule has 6 nitrogen and oxygen atoms in total. The van der Waals surface area contributed by atoms with Crippen molar-refractivity contribution in [3.8, 4) is 0 Å². The fourth-order valence-corrected chi connectivity index (χ4v) is 2.69. The Morgan fingerprint density at radius 2 is 1.80 bits per heavy atom. The normalized spacial score (nSPS) is 16.2. The lowest BCUT2D eigenvalue weighted by molar-refractivity contribution is -0.137. The first-order chi connectivity index (χ1) is 11.8. The summed E-state index contributed by atoms with van der Waals surface area (Å²) < 4.78 is 42.8. The molecule has 134 valence electrons. The summed E-state index contributed by atoms with van der Waals surface area (Å²) in [5.74, 6) is 0.841. The number of nitrogens with zero attached hydrogens (tertiary/aromatic N) is 4.